The van der Waals surface area contributed by atoms with E-state index in [-0.39, 0.29) is 11.9 Å². The normalized spacial score (nSPS) is 17.1. The smallest absolute Gasteiger partial charge is 0.227 e. The van der Waals surface area contributed by atoms with E-state index in [0.717, 1.165) is 29.1 Å². The lowest BCUT2D eigenvalue weighted by Gasteiger charge is -2.22. The number of rotatable bonds is 3. The topological polar surface area (TPSA) is 46.3 Å². The summed E-state index contributed by atoms with van der Waals surface area (Å²) in [4.78, 5) is 14.5. The van der Waals surface area contributed by atoms with Crippen LogP contribution in [0.2, 0.25) is 0 Å². The van der Waals surface area contributed by atoms with E-state index in [1.165, 1.54) is 5.56 Å². The number of amides is 1. The number of carbonyl (C=O) groups is 1. The molecule has 0 spiro atoms. The second-order valence-corrected chi connectivity index (χ2v) is 5.75. The zero-order valence-electron chi connectivity index (χ0n) is 12.7. The molecule has 0 saturated carbocycles. The Labute approximate surface area is 124 Å². The Morgan fingerprint density at radius 1 is 1.38 bits per heavy atom. The molecule has 1 aromatic heterocycles. The molecule has 21 heavy (non-hydrogen) atoms. The highest BCUT2D eigenvalue weighted by Crippen LogP contribution is 2.32. The summed E-state index contributed by atoms with van der Waals surface area (Å²) in [5.41, 5.74) is 4.27. The predicted octanol–water partition coefficient (Wildman–Crippen LogP) is 3.20. The van der Waals surface area contributed by atoms with Crippen LogP contribution in [0.25, 0.3) is 0 Å². The van der Waals surface area contributed by atoms with Gasteiger partial charge in [-0.2, -0.15) is 0 Å². The van der Waals surface area contributed by atoms with Crippen molar-refractivity contribution in [1.82, 2.24) is 5.16 Å². The third-order valence-electron chi connectivity index (χ3n) is 4.25. The minimum absolute atomic E-state index is 0.174. The fourth-order valence-electron chi connectivity index (χ4n) is 3.16. The van der Waals surface area contributed by atoms with Crippen LogP contribution >= 0.6 is 0 Å². The van der Waals surface area contributed by atoms with Crippen molar-refractivity contribution in [3.05, 3.63) is 46.8 Å². The molecule has 0 bridgehead atoms. The number of para-hydroxylation sites is 1. The van der Waals surface area contributed by atoms with Gasteiger partial charge in [0.1, 0.15) is 5.76 Å². The van der Waals surface area contributed by atoms with Gasteiger partial charge in [-0.25, -0.2) is 0 Å². The van der Waals surface area contributed by atoms with Crippen LogP contribution in [-0.4, -0.2) is 17.1 Å². The summed E-state index contributed by atoms with van der Waals surface area (Å²) in [5, 5.41) is 3.94. The Morgan fingerprint density at radius 2 is 2.14 bits per heavy atom. The molecule has 2 heterocycles. The lowest BCUT2D eigenvalue weighted by Crippen LogP contribution is -2.35. The Balaban J connectivity index is 1.74. The number of aromatic nitrogens is 1. The molecule has 1 aliphatic rings. The van der Waals surface area contributed by atoms with Crippen LogP contribution in [0.3, 0.4) is 0 Å². The molecule has 0 aliphatic carbocycles. The van der Waals surface area contributed by atoms with Crippen LogP contribution in [0.5, 0.6) is 0 Å². The first-order valence-electron chi connectivity index (χ1n) is 7.39. The fraction of sp³-hybridized carbons (Fsp3) is 0.412. The lowest BCUT2D eigenvalue weighted by atomic mass is 10.1. The first-order chi connectivity index (χ1) is 10.1. The molecular formula is C17H20N2O2. The van der Waals surface area contributed by atoms with Crippen LogP contribution in [0.1, 0.15) is 35.9 Å². The maximum atomic E-state index is 12.6. The highest BCUT2D eigenvalue weighted by atomic mass is 16.5. The maximum absolute atomic E-state index is 12.6. The molecule has 0 fully saturated rings. The van der Waals surface area contributed by atoms with Gasteiger partial charge in [-0.05, 0) is 45.2 Å². The van der Waals surface area contributed by atoms with Gasteiger partial charge in [0.25, 0.3) is 0 Å². The number of hydrogen-bond acceptors (Lipinski definition) is 3. The van der Waals surface area contributed by atoms with Gasteiger partial charge in [0, 0.05) is 23.7 Å². The van der Waals surface area contributed by atoms with Crippen LogP contribution in [0, 0.1) is 13.8 Å². The van der Waals surface area contributed by atoms with E-state index in [4.69, 9.17) is 4.52 Å². The Bertz CT molecular complexity index is 656. The molecule has 3 rings (SSSR count). The van der Waals surface area contributed by atoms with Crippen molar-refractivity contribution < 1.29 is 9.32 Å². The van der Waals surface area contributed by atoms with E-state index in [9.17, 15) is 4.79 Å². The molecule has 1 atom stereocenters. The zero-order valence-corrected chi connectivity index (χ0v) is 12.7. The molecule has 0 N–H and O–H groups in total. The molecule has 0 saturated heterocycles. The molecule has 0 radical (unpaired) electrons. The Kier molecular flexibility index (Phi) is 3.53. The number of anilines is 1. The molecule has 4 nitrogen and oxygen atoms in total. The number of carbonyl (C=O) groups excluding carboxylic acids is 1. The quantitative estimate of drug-likeness (QED) is 0.869. The van der Waals surface area contributed by atoms with Crippen molar-refractivity contribution in [2.45, 2.75) is 46.1 Å². The minimum Gasteiger partial charge on any atom is -0.361 e. The second-order valence-electron chi connectivity index (χ2n) is 5.75. The van der Waals surface area contributed by atoms with E-state index < -0.39 is 0 Å². The largest absolute Gasteiger partial charge is 0.361 e. The van der Waals surface area contributed by atoms with Gasteiger partial charge in [0.2, 0.25) is 5.91 Å². The monoisotopic (exact) mass is 284 g/mol. The van der Waals surface area contributed by atoms with E-state index in [2.05, 4.69) is 18.1 Å². The molecule has 1 aromatic carbocycles. The van der Waals surface area contributed by atoms with Gasteiger partial charge < -0.3 is 9.42 Å². The van der Waals surface area contributed by atoms with E-state index in [1.54, 1.807) is 0 Å². The summed E-state index contributed by atoms with van der Waals surface area (Å²) in [5.74, 6) is 0.989. The lowest BCUT2D eigenvalue weighted by molar-refractivity contribution is -0.118. The van der Waals surface area contributed by atoms with E-state index in [1.807, 2.05) is 36.9 Å². The average molecular weight is 284 g/mol. The van der Waals surface area contributed by atoms with Crippen LogP contribution in [0.15, 0.2) is 28.8 Å². The molecule has 2 aromatic rings. The van der Waals surface area contributed by atoms with Crippen LogP contribution in [0.4, 0.5) is 5.69 Å². The van der Waals surface area contributed by atoms with Gasteiger partial charge in [0.05, 0.1) is 5.69 Å². The maximum Gasteiger partial charge on any atom is 0.227 e. The van der Waals surface area contributed by atoms with Gasteiger partial charge in [-0.1, -0.05) is 23.4 Å². The molecule has 1 amide bonds. The zero-order chi connectivity index (χ0) is 15.0. The number of hydrogen-bond donors (Lipinski definition) is 0. The second kappa shape index (κ2) is 5.35. The summed E-state index contributed by atoms with van der Waals surface area (Å²) in [7, 11) is 0. The average Bonchev–Trinajstić information content (AvgIpc) is 2.96. The highest BCUT2D eigenvalue weighted by Gasteiger charge is 2.30. The van der Waals surface area contributed by atoms with Crippen molar-refractivity contribution in [2.75, 3.05) is 4.90 Å². The van der Waals surface area contributed by atoms with E-state index in [0.29, 0.717) is 12.8 Å². The third-order valence-corrected chi connectivity index (χ3v) is 4.25. The summed E-state index contributed by atoms with van der Waals surface area (Å²) in [6.45, 7) is 5.92. The highest BCUT2D eigenvalue weighted by molar-refractivity contribution is 5.96. The van der Waals surface area contributed by atoms with Crippen molar-refractivity contribution in [3.63, 3.8) is 0 Å². The van der Waals surface area contributed by atoms with Crippen molar-refractivity contribution in [3.8, 4) is 0 Å². The van der Waals surface area contributed by atoms with Crippen molar-refractivity contribution in [1.29, 1.82) is 0 Å². The van der Waals surface area contributed by atoms with Gasteiger partial charge in [-0.15, -0.1) is 0 Å². The number of nitrogens with zero attached hydrogens (tertiary/aromatic N) is 2. The molecule has 1 unspecified atom stereocenters. The summed E-state index contributed by atoms with van der Waals surface area (Å²) < 4.78 is 5.16. The number of aryl methyl sites for hydroxylation is 2. The van der Waals surface area contributed by atoms with Crippen LogP contribution in [-0.2, 0) is 17.6 Å². The van der Waals surface area contributed by atoms with Gasteiger partial charge in [0.15, 0.2) is 0 Å². The Morgan fingerprint density at radius 3 is 2.86 bits per heavy atom. The molecule has 110 valence electrons. The molecule has 1 aliphatic heterocycles. The van der Waals surface area contributed by atoms with Crippen molar-refractivity contribution >= 4 is 11.6 Å². The number of fused-ring (bicyclic) bond motifs is 1. The Hall–Kier alpha value is -2.10. The summed E-state index contributed by atoms with van der Waals surface area (Å²) in [6, 6.07) is 8.40. The number of benzene rings is 1. The van der Waals surface area contributed by atoms with Crippen molar-refractivity contribution in [2.24, 2.45) is 0 Å². The first-order valence-corrected chi connectivity index (χ1v) is 7.39. The molecule has 4 heteroatoms. The summed E-state index contributed by atoms with van der Waals surface area (Å²) in [6.07, 6.45) is 2.11. The first kappa shape index (κ1) is 13.9. The standard InChI is InChI=1S/C17H20N2O2/c1-11-10-14-6-4-5-7-16(14)19(11)17(20)9-8-15-12(2)18-21-13(15)3/h4-7,11H,8-10H2,1-3H3. The van der Waals surface area contributed by atoms with Gasteiger partial charge >= 0.3 is 0 Å². The SMILES string of the molecule is Cc1noc(C)c1CCC(=O)N1c2ccccc2CC1C. The van der Waals surface area contributed by atoms with Crippen LogP contribution < -0.4 is 4.90 Å². The van der Waals surface area contributed by atoms with Gasteiger partial charge in [-0.3, -0.25) is 4.79 Å². The predicted molar refractivity (Wildman–Crippen MR) is 81.4 cm³/mol. The fourth-order valence-corrected chi connectivity index (χ4v) is 3.16. The molecular weight excluding hydrogens is 264 g/mol. The van der Waals surface area contributed by atoms with E-state index >= 15 is 0 Å². The minimum atomic E-state index is 0.174. The third kappa shape index (κ3) is 2.46. The summed E-state index contributed by atoms with van der Waals surface area (Å²) >= 11 is 0.